The smallest absolute Gasteiger partial charge is 0.186 e. The van der Waals surface area contributed by atoms with Crippen LogP contribution in [0.25, 0.3) is 27.1 Å². The van der Waals surface area contributed by atoms with E-state index in [1.165, 1.54) is 18.9 Å². The van der Waals surface area contributed by atoms with Crippen LogP contribution in [0.3, 0.4) is 0 Å². The molecule has 1 N–H and O–H groups in total. The van der Waals surface area contributed by atoms with E-state index in [4.69, 9.17) is 4.98 Å². The van der Waals surface area contributed by atoms with Crippen molar-refractivity contribution in [3.8, 4) is 11.3 Å². The van der Waals surface area contributed by atoms with Gasteiger partial charge in [-0.2, -0.15) is 0 Å². The van der Waals surface area contributed by atoms with Crippen molar-refractivity contribution in [1.29, 1.82) is 0 Å². The molecule has 2 aliphatic rings. The predicted molar refractivity (Wildman–Crippen MR) is 134 cm³/mol. The molecule has 0 radical (unpaired) electrons. The van der Waals surface area contributed by atoms with E-state index in [9.17, 15) is 4.39 Å². The maximum atomic E-state index is 14.6. The van der Waals surface area contributed by atoms with E-state index in [2.05, 4.69) is 41.1 Å². The lowest BCUT2D eigenvalue weighted by Crippen LogP contribution is -2.58. The molecule has 6 nitrogen and oxygen atoms in total. The van der Waals surface area contributed by atoms with Crippen molar-refractivity contribution in [2.45, 2.75) is 63.6 Å². The molecule has 6 heterocycles. The number of aromatic nitrogens is 4. The highest BCUT2D eigenvalue weighted by Gasteiger charge is 2.49. The molecule has 0 spiro atoms. The molecule has 4 aromatic heterocycles. The van der Waals surface area contributed by atoms with E-state index in [1.54, 1.807) is 21.9 Å². The fourth-order valence-electron chi connectivity index (χ4n) is 5.70. The van der Waals surface area contributed by atoms with Crippen LogP contribution in [-0.4, -0.2) is 43.5 Å². The maximum Gasteiger partial charge on any atom is 0.186 e. The third kappa shape index (κ3) is 3.78. The van der Waals surface area contributed by atoms with Crippen molar-refractivity contribution in [2.24, 2.45) is 0 Å². The first-order valence-corrected chi connectivity index (χ1v) is 12.0. The molecule has 2 bridgehead atoms. The van der Waals surface area contributed by atoms with Gasteiger partial charge in [-0.1, -0.05) is 11.3 Å². The number of thiazole rings is 1. The van der Waals surface area contributed by atoms with Crippen molar-refractivity contribution in [2.75, 3.05) is 11.9 Å². The third-order valence-corrected chi connectivity index (χ3v) is 8.35. The largest absolute Gasteiger partial charge is 0.348 e. The highest BCUT2D eigenvalue weighted by molar-refractivity contribution is 7.22. The molecule has 0 amide bonds. The lowest BCUT2D eigenvalue weighted by Gasteiger charge is -2.45. The van der Waals surface area contributed by atoms with Crippen LogP contribution in [0, 0.1) is 12.7 Å². The molecule has 174 valence electrons. The Bertz CT molecular complexity index is 1350. The summed E-state index contributed by atoms with van der Waals surface area (Å²) in [5.41, 5.74) is 3.91. The number of piperidine rings is 1. The minimum absolute atomic E-state index is 0. The van der Waals surface area contributed by atoms with Crippen molar-refractivity contribution in [3.05, 3.63) is 42.2 Å². The van der Waals surface area contributed by atoms with Gasteiger partial charge in [-0.05, 0) is 58.6 Å². The number of nitrogens with zero attached hydrogens (tertiary/aromatic N) is 5. The molecule has 0 unspecified atom stereocenters. The van der Waals surface area contributed by atoms with Gasteiger partial charge in [0.15, 0.2) is 16.6 Å². The van der Waals surface area contributed by atoms with Gasteiger partial charge in [0.25, 0.3) is 0 Å². The molecule has 33 heavy (non-hydrogen) atoms. The fourth-order valence-corrected chi connectivity index (χ4v) is 6.71. The number of halogens is 2. The summed E-state index contributed by atoms with van der Waals surface area (Å²) < 4.78 is 17.4. The van der Waals surface area contributed by atoms with Crippen LogP contribution < -0.4 is 10.2 Å². The average molecular weight is 487 g/mol. The summed E-state index contributed by atoms with van der Waals surface area (Å²) in [6, 6.07) is 3.99. The van der Waals surface area contributed by atoms with Gasteiger partial charge in [0.1, 0.15) is 5.52 Å². The SMILES string of the molecule is Cc1cn2cc(-c3cc4sc(N(C)[C@@H]5C[C@]6(C)CC[C@](C)(C5)N6)nc4cn3)cc(F)c2n1.Cl. The highest BCUT2D eigenvalue weighted by atomic mass is 35.5. The summed E-state index contributed by atoms with van der Waals surface area (Å²) >= 11 is 1.68. The number of hydrogen-bond acceptors (Lipinski definition) is 6. The van der Waals surface area contributed by atoms with Crippen LogP contribution in [0.5, 0.6) is 0 Å². The zero-order valence-electron chi connectivity index (χ0n) is 19.2. The van der Waals surface area contributed by atoms with Crippen LogP contribution >= 0.6 is 23.7 Å². The van der Waals surface area contributed by atoms with Gasteiger partial charge < -0.3 is 14.6 Å². The molecule has 4 aromatic rings. The van der Waals surface area contributed by atoms with E-state index >= 15 is 0 Å². The number of anilines is 1. The zero-order chi connectivity index (χ0) is 22.3. The number of pyridine rings is 2. The first-order valence-electron chi connectivity index (χ1n) is 11.1. The van der Waals surface area contributed by atoms with Gasteiger partial charge >= 0.3 is 0 Å². The van der Waals surface area contributed by atoms with Crippen LogP contribution in [0.1, 0.15) is 45.2 Å². The van der Waals surface area contributed by atoms with Crippen molar-refractivity contribution < 1.29 is 4.39 Å². The second-order valence-corrected chi connectivity index (χ2v) is 11.2. The summed E-state index contributed by atoms with van der Waals surface area (Å²) in [5.74, 6) is -0.343. The Morgan fingerprint density at radius 2 is 1.88 bits per heavy atom. The van der Waals surface area contributed by atoms with Crippen LogP contribution in [0.4, 0.5) is 9.52 Å². The van der Waals surface area contributed by atoms with Gasteiger partial charge in [-0.25, -0.2) is 14.4 Å². The minimum Gasteiger partial charge on any atom is -0.348 e. The van der Waals surface area contributed by atoms with Crippen molar-refractivity contribution in [1.82, 2.24) is 24.7 Å². The molecule has 9 heteroatoms. The first kappa shape index (κ1) is 22.5. The van der Waals surface area contributed by atoms with Crippen LogP contribution in [-0.2, 0) is 0 Å². The molecule has 0 saturated carbocycles. The number of rotatable bonds is 3. The number of imidazole rings is 1. The molecular formula is C24H28ClFN6S. The van der Waals surface area contributed by atoms with E-state index in [0.717, 1.165) is 45.1 Å². The first-order chi connectivity index (χ1) is 15.2. The Morgan fingerprint density at radius 1 is 1.15 bits per heavy atom. The molecule has 0 aliphatic carbocycles. The quantitative estimate of drug-likeness (QED) is 0.421. The minimum atomic E-state index is -0.343. The Kier molecular flexibility index (Phi) is 5.19. The predicted octanol–water partition coefficient (Wildman–Crippen LogP) is 5.37. The molecule has 0 aromatic carbocycles. The normalized spacial score (nSPS) is 26.6. The van der Waals surface area contributed by atoms with E-state index < -0.39 is 0 Å². The molecular weight excluding hydrogens is 459 g/mol. The van der Waals surface area contributed by atoms with Gasteiger partial charge in [0.05, 0.1) is 22.3 Å². The van der Waals surface area contributed by atoms with Crippen molar-refractivity contribution >= 4 is 44.7 Å². The monoisotopic (exact) mass is 486 g/mol. The van der Waals surface area contributed by atoms with E-state index in [1.807, 2.05) is 25.4 Å². The van der Waals surface area contributed by atoms with Crippen LogP contribution in [0.15, 0.2) is 30.7 Å². The topological polar surface area (TPSA) is 58.4 Å². The van der Waals surface area contributed by atoms with E-state index in [-0.39, 0.29) is 29.3 Å². The zero-order valence-corrected chi connectivity index (χ0v) is 20.9. The fraction of sp³-hybridized carbons (Fsp3) is 0.458. The summed E-state index contributed by atoms with van der Waals surface area (Å²) in [6.07, 6.45) is 10.2. The second kappa shape index (κ2) is 7.61. The van der Waals surface area contributed by atoms with Gasteiger partial charge in [-0.15, -0.1) is 12.4 Å². The Hall–Kier alpha value is -2.29. The van der Waals surface area contributed by atoms with Gasteiger partial charge in [-0.3, -0.25) is 4.98 Å². The molecule has 3 atom stereocenters. The van der Waals surface area contributed by atoms with Crippen LogP contribution in [0.2, 0.25) is 0 Å². The standard InChI is InChI=1S/C24H27FN6S.ClH/c1-14-12-31-13-15(7-17(25)21(31)27-14)18-8-20-19(11-26-18)28-22(32-20)30(4)16-9-23(2)5-6-24(3,10-16)29-23;/h7-8,11-13,16,29H,5-6,9-10H2,1-4H3;1H/t16-,23+,24-;. The molecule has 6 rings (SSSR count). The van der Waals surface area contributed by atoms with Gasteiger partial charge in [0, 0.05) is 42.1 Å². The van der Waals surface area contributed by atoms with Gasteiger partial charge in [0.2, 0.25) is 0 Å². The number of aryl methyl sites for hydroxylation is 1. The number of fused-ring (bicyclic) bond motifs is 4. The number of hydrogen-bond donors (Lipinski definition) is 1. The van der Waals surface area contributed by atoms with E-state index in [0.29, 0.717) is 11.7 Å². The molecule has 2 fully saturated rings. The summed E-state index contributed by atoms with van der Waals surface area (Å²) in [5, 5.41) is 4.88. The lowest BCUT2D eigenvalue weighted by atomic mass is 9.84. The summed E-state index contributed by atoms with van der Waals surface area (Å²) in [4.78, 5) is 16.1. The van der Waals surface area contributed by atoms with Crippen molar-refractivity contribution in [3.63, 3.8) is 0 Å². The lowest BCUT2D eigenvalue weighted by molar-refractivity contribution is 0.208. The Morgan fingerprint density at radius 3 is 2.61 bits per heavy atom. The third-order valence-electron chi connectivity index (χ3n) is 7.24. The maximum absolute atomic E-state index is 14.6. The summed E-state index contributed by atoms with van der Waals surface area (Å²) in [7, 11) is 2.17. The summed E-state index contributed by atoms with van der Waals surface area (Å²) in [6.45, 7) is 6.56. The number of nitrogens with one attached hydrogen (secondary N) is 1. The highest BCUT2D eigenvalue weighted by Crippen LogP contribution is 2.44. The Balaban J connectivity index is 0.00000228. The molecule has 2 aliphatic heterocycles. The second-order valence-electron chi connectivity index (χ2n) is 10.1. The Labute approximate surface area is 202 Å². The molecule has 2 saturated heterocycles. The average Bonchev–Trinajstić information content (AvgIpc) is 3.39.